The van der Waals surface area contributed by atoms with Crippen LogP contribution in [-0.4, -0.2) is 15.4 Å². The molecule has 3 aromatic rings. The van der Waals surface area contributed by atoms with Crippen molar-refractivity contribution in [3.63, 3.8) is 0 Å². The Bertz CT molecular complexity index is 1000. The van der Waals surface area contributed by atoms with Crippen molar-refractivity contribution in [3.05, 3.63) is 74.9 Å². The number of rotatable bonds is 2. The molecule has 2 aromatic carbocycles. The Morgan fingerprint density at radius 3 is 2.70 bits per heavy atom. The highest BCUT2D eigenvalue weighted by molar-refractivity contribution is 6.34. The first-order chi connectivity index (χ1) is 11.0. The van der Waals surface area contributed by atoms with Gasteiger partial charge in [0.25, 0.3) is 11.6 Å². The number of non-ortho nitro benzene ring substituents is 1. The van der Waals surface area contributed by atoms with Crippen LogP contribution in [0.15, 0.2) is 48.7 Å². The molecule has 7 heteroatoms. The number of hydrogen-bond acceptors (Lipinski definition) is 4. The third kappa shape index (κ3) is 2.43. The SMILES string of the molecule is N#Cc1cn(C(=O)c2cc([N+](=O)[O-])ccc2Cl)c2ccccc12. The second-order valence-corrected chi connectivity index (χ2v) is 5.18. The summed E-state index contributed by atoms with van der Waals surface area (Å²) in [5, 5.41) is 20.8. The smallest absolute Gasteiger partial charge is 0.270 e. The summed E-state index contributed by atoms with van der Waals surface area (Å²) < 4.78 is 1.28. The lowest BCUT2D eigenvalue weighted by molar-refractivity contribution is -0.384. The maximum atomic E-state index is 12.7. The monoisotopic (exact) mass is 325 g/mol. The van der Waals surface area contributed by atoms with Gasteiger partial charge in [-0.2, -0.15) is 5.26 Å². The minimum Gasteiger partial charge on any atom is -0.282 e. The molecule has 0 unspecified atom stereocenters. The van der Waals surface area contributed by atoms with E-state index in [1.807, 2.05) is 6.07 Å². The van der Waals surface area contributed by atoms with Gasteiger partial charge in [0.15, 0.2) is 0 Å². The van der Waals surface area contributed by atoms with E-state index in [0.717, 1.165) is 6.07 Å². The molecule has 0 atom stereocenters. The zero-order valence-corrected chi connectivity index (χ0v) is 12.3. The number of benzene rings is 2. The van der Waals surface area contributed by atoms with Crippen molar-refractivity contribution in [2.75, 3.05) is 0 Å². The van der Waals surface area contributed by atoms with E-state index in [-0.39, 0.29) is 16.3 Å². The van der Waals surface area contributed by atoms with E-state index in [1.165, 1.54) is 22.9 Å². The van der Waals surface area contributed by atoms with Crippen LogP contribution in [0.25, 0.3) is 10.9 Å². The van der Waals surface area contributed by atoms with E-state index < -0.39 is 10.8 Å². The Kier molecular flexibility index (Phi) is 3.56. The molecule has 0 fully saturated rings. The summed E-state index contributed by atoms with van der Waals surface area (Å²) >= 11 is 6.02. The van der Waals surface area contributed by atoms with Gasteiger partial charge >= 0.3 is 0 Å². The van der Waals surface area contributed by atoms with Crippen molar-refractivity contribution in [2.24, 2.45) is 0 Å². The average molecular weight is 326 g/mol. The third-order valence-corrected chi connectivity index (χ3v) is 3.77. The predicted molar refractivity (Wildman–Crippen MR) is 84.5 cm³/mol. The van der Waals surface area contributed by atoms with Gasteiger partial charge in [0.2, 0.25) is 0 Å². The lowest BCUT2D eigenvalue weighted by atomic mass is 10.1. The maximum Gasteiger partial charge on any atom is 0.270 e. The fourth-order valence-electron chi connectivity index (χ4n) is 2.36. The quantitative estimate of drug-likeness (QED) is 0.530. The van der Waals surface area contributed by atoms with Crippen molar-refractivity contribution in [1.29, 1.82) is 5.26 Å². The van der Waals surface area contributed by atoms with Crippen LogP contribution in [-0.2, 0) is 0 Å². The molecule has 0 radical (unpaired) electrons. The van der Waals surface area contributed by atoms with Gasteiger partial charge in [0, 0.05) is 23.7 Å². The van der Waals surface area contributed by atoms with E-state index in [9.17, 15) is 20.2 Å². The Balaban J connectivity index is 2.21. The van der Waals surface area contributed by atoms with Gasteiger partial charge in [-0.25, -0.2) is 0 Å². The molecule has 3 rings (SSSR count). The normalized spacial score (nSPS) is 10.4. The molecular formula is C16H8ClN3O3. The van der Waals surface area contributed by atoms with Crippen LogP contribution in [0.1, 0.15) is 15.9 Å². The summed E-state index contributed by atoms with van der Waals surface area (Å²) in [6, 6.07) is 12.6. The molecule has 0 aliphatic heterocycles. The number of para-hydroxylation sites is 1. The lowest BCUT2D eigenvalue weighted by Gasteiger charge is -2.06. The van der Waals surface area contributed by atoms with Crippen molar-refractivity contribution in [1.82, 2.24) is 4.57 Å². The van der Waals surface area contributed by atoms with Crippen LogP contribution in [0.5, 0.6) is 0 Å². The Labute approximate surface area is 135 Å². The number of hydrogen-bond donors (Lipinski definition) is 0. The molecule has 1 aromatic heterocycles. The first kappa shape index (κ1) is 14.8. The fraction of sp³-hybridized carbons (Fsp3) is 0. The first-order valence-electron chi connectivity index (χ1n) is 6.51. The number of carbonyl (C=O) groups is 1. The number of aromatic nitrogens is 1. The minimum absolute atomic E-state index is 0.00566. The lowest BCUT2D eigenvalue weighted by Crippen LogP contribution is -2.11. The highest BCUT2D eigenvalue weighted by Gasteiger charge is 2.20. The molecule has 6 nitrogen and oxygen atoms in total. The number of nitro groups is 1. The molecule has 0 N–H and O–H groups in total. The molecule has 1 heterocycles. The fourth-order valence-corrected chi connectivity index (χ4v) is 2.56. The van der Waals surface area contributed by atoms with Crippen LogP contribution in [0.4, 0.5) is 5.69 Å². The molecule has 0 saturated heterocycles. The minimum atomic E-state index is -0.596. The van der Waals surface area contributed by atoms with Gasteiger partial charge in [-0.1, -0.05) is 29.8 Å². The maximum absolute atomic E-state index is 12.7. The molecule has 112 valence electrons. The summed E-state index contributed by atoms with van der Waals surface area (Å²) in [7, 11) is 0. The number of nitro benzene ring substituents is 1. The molecular weight excluding hydrogens is 318 g/mol. The van der Waals surface area contributed by atoms with E-state index in [0.29, 0.717) is 16.5 Å². The number of halogens is 1. The van der Waals surface area contributed by atoms with Gasteiger partial charge in [0.05, 0.1) is 26.6 Å². The van der Waals surface area contributed by atoms with Crippen LogP contribution >= 0.6 is 11.6 Å². The Hall–Kier alpha value is -3.17. The number of fused-ring (bicyclic) bond motifs is 1. The van der Waals surface area contributed by atoms with Crippen molar-refractivity contribution < 1.29 is 9.72 Å². The van der Waals surface area contributed by atoms with Crippen molar-refractivity contribution in [3.8, 4) is 6.07 Å². The van der Waals surface area contributed by atoms with E-state index in [2.05, 4.69) is 0 Å². The molecule has 0 bridgehead atoms. The summed E-state index contributed by atoms with van der Waals surface area (Å²) in [6.07, 6.45) is 1.40. The third-order valence-electron chi connectivity index (χ3n) is 3.44. The zero-order valence-electron chi connectivity index (χ0n) is 11.6. The van der Waals surface area contributed by atoms with E-state index in [4.69, 9.17) is 11.6 Å². The average Bonchev–Trinajstić information content (AvgIpc) is 2.93. The topological polar surface area (TPSA) is 88.9 Å². The summed E-state index contributed by atoms with van der Waals surface area (Å²) in [6.45, 7) is 0. The standard InChI is InChI=1S/C16H8ClN3O3/c17-14-6-5-11(20(22)23)7-13(14)16(21)19-9-10(8-18)12-3-1-2-4-15(12)19/h1-7,9H. The number of nitrogens with zero attached hydrogens (tertiary/aromatic N) is 3. The summed E-state index contributed by atoms with van der Waals surface area (Å²) in [5.74, 6) is -0.531. The van der Waals surface area contributed by atoms with Gasteiger partial charge in [-0.15, -0.1) is 0 Å². The second kappa shape index (κ2) is 5.55. The molecule has 0 amide bonds. The highest BCUT2D eigenvalue weighted by atomic mass is 35.5. The van der Waals surface area contributed by atoms with Crippen LogP contribution in [0.2, 0.25) is 5.02 Å². The van der Waals surface area contributed by atoms with Gasteiger partial charge in [-0.05, 0) is 12.1 Å². The molecule has 0 aliphatic rings. The van der Waals surface area contributed by atoms with Crippen LogP contribution in [0.3, 0.4) is 0 Å². The van der Waals surface area contributed by atoms with Gasteiger partial charge in [-0.3, -0.25) is 19.5 Å². The summed E-state index contributed by atoms with van der Waals surface area (Å²) in [4.78, 5) is 23.0. The van der Waals surface area contributed by atoms with E-state index in [1.54, 1.807) is 24.3 Å². The van der Waals surface area contributed by atoms with Crippen LogP contribution in [0, 0.1) is 21.4 Å². The highest BCUT2D eigenvalue weighted by Crippen LogP contribution is 2.26. The Morgan fingerprint density at radius 1 is 1.26 bits per heavy atom. The zero-order chi connectivity index (χ0) is 16.6. The number of carbonyl (C=O) groups excluding carboxylic acids is 1. The largest absolute Gasteiger partial charge is 0.282 e. The van der Waals surface area contributed by atoms with Crippen LogP contribution < -0.4 is 0 Å². The van der Waals surface area contributed by atoms with Crippen molar-refractivity contribution in [2.45, 2.75) is 0 Å². The Morgan fingerprint density at radius 2 is 2.00 bits per heavy atom. The molecule has 0 aliphatic carbocycles. The van der Waals surface area contributed by atoms with E-state index >= 15 is 0 Å². The second-order valence-electron chi connectivity index (χ2n) is 4.77. The van der Waals surface area contributed by atoms with Crippen molar-refractivity contribution >= 4 is 34.1 Å². The molecule has 23 heavy (non-hydrogen) atoms. The number of nitriles is 1. The summed E-state index contributed by atoms with van der Waals surface area (Å²) in [5.41, 5.74) is 0.660. The first-order valence-corrected chi connectivity index (χ1v) is 6.89. The predicted octanol–water partition coefficient (Wildman–Crippen LogP) is 3.76. The van der Waals surface area contributed by atoms with Gasteiger partial charge < -0.3 is 0 Å². The molecule has 0 saturated carbocycles. The van der Waals surface area contributed by atoms with Gasteiger partial charge in [0.1, 0.15) is 6.07 Å². The molecule has 0 spiro atoms.